The van der Waals surface area contributed by atoms with Crippen LogP contribution in [0.1, 0.15) is 40.5 Å². The van der Waals surface area contributed by atoms with Crippen molar-refractivity contribution >= 4 is 8.80 Å². The first-order valence-corrected chi connectivity index (χ1v) is 9.41. The van der Waals surface area contributed by atoms with E-state index < -0.39 is 8.80 Å². The standard InChI is InChI=1S/C9H16O.C5H12O4Si.H2/c1-2-3-7-4-5-8-9(6-7)10-8;1-6-10(7-2,8-3)5-4-9-5;/h7-9H,2-6H2,1H3;5H,4H2,1-3H3;1H. The Morgan fingerprint density at radius 1 is 1.10 bits per heavy atom. The van der Waals surface area contributed by atoms with E-state index in [1.54, 1.807) is 21.3 Å². The van der Waals surface area contributed by atoms with Gasteiger partial charge in [-0.05, 0) is 25.2 Å². The zero-order valence-corrected chi connectivity index (χ0v) is 14.1. The molecule has 120 valence electrons. The van der Waals surface area contributed by atoms with Crippen LogP contribution in [0.3, 0.4) is 0 Å². The first-order valence-electron chi connectivity index (χ1n) is 7.61. The van der Waals surface area contributed by atoms with Gasteiger partial charge in [-0.2, -0.15) is 0 Å². The largest absolute Gasteiger partial charge is 0.533 e. The maximum absolute atomic E-state index is 5.45. The average molecular weight is 306 g/mol. The van der Waals surface area contributed by atoms with Crippen LogP contribution in [0, 0.1) is 5.92 Å². The van der Waals surface area contributed by atoms with E-state index in [1.165, 1.54) is 32.1 Å². The maximum atomic E-state index is 5.45. The number of rotatable bonds is 6. The maximum Gasteiger partial charge on any atom is 0.533 e. The molecule has 0 aromatic rings. The van der Waals surface area contributed by atoms with Crippen molar-refractivity contribution in [2.45, 2.75) is 57.0 Å². The topological polar surface area (TPSA) is 52.8 Å². The summed E-state index contributed by atoms with van der Waals surface area (Å²) in [4.78, 5) is 0. The Balaban J connectivity index is 0.000000200. The van der Waals surface area contributed by atoms with Gasteiger partial charge in [0.1, 0.15) is 0 Å². The van der Waals surface area contributed by atoms with Gasteiger partial charge in [-0.25, -0.2) is 0 Å². The minimum Gasteiger partial charge on any atom is -0.375 e. The Morgan fingerprint density at radius 3 is 2.15 bits per heavy atom. The molecule has 0 aromatic carbocycles. The highest BCUT2D eigenvalue weighted by atomic mass is 28.4. The van der Waals surface area contributed by atoms with Crippen molar-refractivity contribution in [1.82, 2.24) is 0 Å². The van der Waals surface area contributed by atoms with E-state index in [0.717, 1.165) is 5.92 Å². The van der Waals surface area contributed by atoms with Crippen LogP contribution in [-0.2, 0) is 22.8 Å². The number of hydrogen-bond donors (Lipinski definition) is 0. The molecule has 1 aliphatic carbocycles. The molecule has 0 radical (unpaired) electrons. The van der Waals surface area contributed by atoms with Crippen LogP contribution < -0.4 is 0 Å². The summed E-state index contributed by atoms with van der Waals surface area (Å²) in [5, 5.41) is 0. The van der Waals surface area contributed by atoms with Gasteiger partial charge in [0.15, 0.2) is 5.73 Å². The van der Waals surface area contributed by atoms with Crippen molar-refractivity contribution in [2.24, 2.45) is 5.92 Å². The lowest BCUT2D eigenvalue weighted by atomic mass is 9.86. The van der Waals surface area contributed by atoms with Gasteiger partial charge in [-0.3, -0.25) is 0 Å². The predicted octanol–water partition coefficient (Wildman–Crippen LogP) is 2.40. The van der Waals surface area contributed by atoms with Crippen molar-refractivity contribution in [1.29, 1.82) is 0 Å². The molecule has 4 atom stereocenters. The molecule has 4 unspecified atom stereocenters. The fourth-order valence-electron chi connectivity index (χ4n) is 3.05. The van der Waals surface area contributed by atoms with Crippen LogP contribution in [0.25, 0.3) is 0 Å². The molecule has 2 saturated heterocycles. The van der Waals surface area contributed by atoms with Gasteiger partial charge in [0.2, 0.25) is 0 Å². The van der Waals surface area contributed by atoms with Gasteiger partial charge in [-0.1, -0.05) is 19.8 Å². The predicted molar refractivity (Wildman–Crippen MR) is 79.5 cm³/mol. The second-order valence-electron chi connectivity index (χ2n) is 5.72. The molecule has 3 fully saturated rings. The lowest BCUT2D eigenvalue weighted by Gasteiger charge is -2.21. The van der Waals surface area contributed by atoms with Crippen LogP contribution >= 0.6 is 0 Å². The molecule has 0 amide bonds. The third-order valence-corrected chi connectivity index (χ3v) is 7.22. The second-order valence-corrected chi connectivity index (χ2v) is 8.79. The molecule has 1 saturated carbocycles. The summed E-state index contributed by atoms with van der Waals surface area (Å²) in [6, 6.07) is 0. The zero-order valence-electron chi connectivity index (χ0n) is 13.1. The molecule has 0 bridgehead atoms. The van der Waals surface area contributed by atoms with Gasteiger partial charge in [-0.15, -0.1) is 0 Å². The molecule has 5 nitrogen and oxygen atoms in total. The van der Waals surface area contributed by atoms with Crippen molar-refractivity contribution in [3.8, 4) is 0 Å². The molecular weight excluding hydrogens is 276 g/mol. The summed E-state index contributed by atoms with van der Waals surface area (Å²) in [6.45, 7) is 2.97. The van der Waals surface area contributed by atoms with Crippen LogP contribution in [0.4, 0.5) is 0 Å². The lowest BCUT2D eigenvalue weighted by Crippen LogP contribution is -2.49. The molecule has 6 heteroatoms. The SMILES string of the molecule is CCCC1CCC2OC2C1.CO[Si](OC)(OC)C1CO1.[HH]. The summed E-state index contributed by atoms with van der Waals surface area (Å²) < 4.78 is 25.9. The monoisotopic (exact) mass is 306 g/mol. The Kier molecular flexibility index (Phi) is 6.01. The molecular formula is C14H30O5Si. The lowest BCUT2D eigenvalue weighted by molar-refractivity contribution is 0.110. The quantitative estimate of drug-likeness (QED) is 0.557. The van der Waals surface area contributed by atoms with E-state index in [4.69, 9.17) is 22.8 Å². The first kappa shape index (κ1) is 16.4. The van der Waals surface area contributed by atoms with Gasteiger partial charge >= 0.3 is 8.80 Å². The number of hydrogen-bond acceptors (Lipinski definition) is 5. The third-order valence-electron chi connectivity index (χ3n) is 4.39. The molecule has 3 aliphatic rings. The van der Waals surface area contributed by atoms with Gasteiger partial charge in [0, 0.05) is 22.8 Å². The highest BCUT2D eigenvalue weighted by Gasteiger charge is 2.55. The molecule has 0 aromatic heterocycles. The third kappa shape index (κ3) is 4.02. The van der Waals surface area contributed by atoms with Gasteiger partial charge in [0.25, 0.3) is 0 Å². The molecule has 0 spiro atoms. The summed E-state index contributed by atoms with van der Waals surface area (Å²) in [5.74, 6) is 0.994. The fraction of sp³-hybridized carbons (Fsp3) is 1.00. The van der Waals surface area contributed by atoms with Crippen LogP contribution in [0.2, 0.25) is 0 Å². The van der Waals surface area contributed by atoms with Crippen molar-refractivity contribution in [3.63, 3.8) is 0 Å². The fourth-order valence-corrected chi connectivity index (χ4v) is 4.85. The van der Waals surface area contributed by atoms with E-state index in [0.29, 0.717) is 18.8 Å². The first-order chi connectivity index (χ1) is 9.69. The summed E-state index contributed by atoms with van der Waals surface area (Å²) >= 11 is 0. The van der Waals surface area contributed by atoms with Crippen LogP contribution in [0.15, 0.2) is 0 Å². The van der Waals surface area contributed by atoms with Crippen molar-refractivity contribution in [3.05, 3.63) is 0 Å². The Labute approximate surface area is 124 Å². The number of ether oxygens (including phenoxy) is 2. The van der Waals surface area contributed by atoms with Crippen molar-refractivity contribution in [2.75, 3.05) is 27.9 Å². The van der Waals surface area contributed by atoms with E-state index >= 15 is 0 Å². The number of fused-ring (bicyclic) bond motifs is 1. The summed E-state index contributed by atoms with van der Waals surface area (Å²) in [7, 11) is 2.35. The Hall–Kier alpha value is 0.0169. The molecule has 20 heavy (non-hydrogen) atoms. The van der Waals surface area contributed by atoms with E-state index in [1.807, 2.05) is 0 Å². The molecule has 0 N–H and O–H groups in total. The van der Waals surface area contributed by atoms with Gasteiger partial charge < -0.3 is 22.8 Å². The van der Waals surface area contributed by atoms with Crippen LogP contribution in [0.5, 0.6) is 0 Å². The van der Waals surface area contributed by atoms with E-state index in [-0.39, 0.29) is 7.15 Å². The van der Waals surface area contributed by atoms with E-state index in [2.05, 4.69) is 6.92 Å². The molecule has 2 heterocycles. The van der Waals surface area contributed by atoms with Gasteiger partial charge in [0.05, 0.1) is 18.8 Å². The van der Waals surface area contributed by atoms with E-state index in [9.17, 15) is 0 Å². The number of epoxide rings is 2. The normalized spacial score (nSPS) is 34.8. The van der Waals surface area contributed by atoms with Crippen LogP contribution in [-0.4, -0.2) is 54.7 Å². The Bertz CT molecular complexity index is 291. The average Bonchev–Trinajstić information content (AvgIpc) is 3.36. The summed E-state index contributed by atoms with van der Waals surface area (Å²) in [6.07, 6.45) is 8.27. The zero-order chi connectivity index (χ0) is 14.6. The molecule has 3 rings (SSSR count). The highest BCUT2D eigenvalue weighted by molar-refractivity contribution is 6.62. The van der Waals surface area contributed by atoms with Crippen molar-refractivity contribution < 1.29 is 24.2 Å². The minimum absolute atomic E-state index is 0. The minimum atomic E-state index is -2.41. The Morgan fingerprint density at radius 2 is 1.75 bits per heavy atom. The smallest absolute Gasteiger partial charge is 0.375 e. The highest BCUT2D eigenvalue weighted by Crippen LogP contribution is 2.40. The molecule has 2 aliphatic heterocycles. The summed E-state index contributed by atoms with van der Waals surface area (Å²) in [5.41, 5.74) is 0.0625. The second kappa shape index (κ2) is 7.33.